The van der Waals surface area contributed by atoms with Gasteiger partial charge in [-0.2, -0.15) is 10.2 Å². The first-order chi connectivity index (χ1) is 31.5. The maximum Gasteiger partial charge on any atom is 0.157 e. The Morgan fingerprint density at radius 3 is 1.55 bits per heavy atom. The summed E-state index contributed by atoms with van der Waals surface area (Å²) in [6.45, 7) is 22.4. The molecule has 0 spiro atoms. The average molecular weight is 1030 g/mol. The average Bonchev–Trinajstić information content (AvgIpc) is 4.07. The van der Waals surface area contributed by atoms with E-state index in [1.54, 1.807) is 23.3 Å². The zero-order valence-electron chi connectivity index (χ0n) is 43.1. The lowest BCUT2D eigenvalue weighted by molar-refractivity contribution is -0.151. The van der Waals surface area contributed by atoms with Crippen LogP contribution in [0.25, 0.3) is 0 Å². The van der Waals surface area contributed by atoms with Crippen LogP contribution in [0.15, 0.2) is 24.8 Å². The van der Waals surface area contributed by atoms with Crippen LogP contribution in [0, 0.1) is 80.8 Å². The largest absolute Gasteiger partial charge is 0.488 e. The molecule has 0 radical (unpaired) electrons. The van der Waals surface area contributed by atoms with E-state index < -0.39 is 11.2 Å². The van der Waals surface area contributed by atoms with Crippen molar-refractivity contribution >= 4 is 27.5 Å². The molecule has 8 saturated carbocycles. The molecule has 0 amide bonds. The molecule has 0 unspecified atom stereocenters. The number of fused-ring (bicyclic) bond motifs is 10. The number of carbonyl (C=O) groups is 2. The summed E-state index contributed by atoms with van der Waals surface area (Å²) >= 11 is 3.43. The van der Waals surface area contributed by atoms with Crippen molar-refractivity contribution in [1.82, 2.24) is 20.0 Å². The number of ether oxygens (including phenoxy) is 2. The van der Waals surface area contributed by atoms with Crippen LogP contribution >= 0.6 is 15.9 Å². The van der Waals surface area contributed by atoms with Gasteiger partial charge in [0.25, 0.3) is 0 Å². The van der Waals surface area contributed by atoms with Crippen LogP contribution in [-0.2, 0) is 16.1 Å². The van der Waals surface area contributed by atoms with Crippen molar-refractivity contribution in [3.05, 3.63) is 24.8 Å². The lowest BCUT2D eigenvalue weighted by Gasteiger charge is -2.61. The number of ketones is 2. The van der Waals surface area contributed by atoms with Crippen molar-refractivity contribution in [2.45, 2.75) is 230 Å². The molecule has 16 atom stereocenters. The molecule has 8 aliphatic rings. The maximum atomic E-state index is 13.5. The SMILES string of the molecule is C.C.CC(C)Oc1cn[nH]c1.CC(C)Oc1cnn(CC(=O)[C@H]2CC[C@H]3[C@@H]4CC[C@H]5C[C@](C)(O)CC[C@]5(C)[C@H]4CC[C@]23C)c1.C[C@@]1(O)CC[C@@]2(C)[C@@H](CC[C@@H]3[C@@H]2CC[C@]2(C)[C@@H](C(=O)CBr)CC[C@@H]32)C1. The Morgan fingerprint density at radius 1 is 0.638 bits per heavy atom. The van der Waals surface area contributed by atoms with Gasteiger partial charge >= 0.3 is 0 Å². The number of Topliss-reactive ketones (excluding diaryl/α,β-unsaturated/α-hetero) is 2. The number of aliphatic hydroxyl groups is 2. The first-order valence-corrected chi connectivity index (χ1v) is 28.0. The molecule has 8 fully saturated rings. The molecule has 10 nitrogen and oxygen atoms in total. The van der Waals surface area contributed by atoms with Crippen molar-refractivity contribution in [3.8, 4) is 11.5 Å². The molecule has 2 aromatic heterocycles. The van der Waals surface area contributed by atoms with Crippen LogP contribution in [-0.4, -0.2) is 70.5 Å². The fraction of sp³-hybridized carbons (Fsp3) is 0.862. The van der Waals surface area contributed by atoms with Gasteiger partial charge in [0.2, 0.25) is 0 Å². The topological polar surface area (TPSA) is 140 Å². The van der Waals surface area contributed by atoms with Crippen LogP contribution in [0.2, 0.25) is 0 Å². The van der Waals surface area contributed by atoms with E-state index in [0.717, 1.165) is 86.0 Å². The van der Waals surface area contributed by atoms with Crippen LogP contribution in [0.4, 0.5) is 0 Å². The molecule has 69 heavy (non-hydrogen) atoms. The second-order valence-corrected chi connectivity index (χ2v) is 26.3. The molecule has 0 aromatic carbocycles. The van der Waals surface area contributed by atoms with Crippen molar-refractivity contribution in [1.29, 1.82) is 0 Å². The van der Waals surface area contributed by atoms with Gasteiger partial charge in [-0.15, -0.1) is 0 Å². The summed E-state index contributed by atoms with van der Waals surface area (Å²) in [5, 5.41) is 32.6. The van der Waals surface area contributed by atoms with Crippen LogP contribution in [0.3, 0.4) is 0 Å². The number of nitrogens with one attached hydrogen (secondary N) is 1. The Kier molecular flexibility index (Phi) is 17.3. The summed E-state index contributed by atoms with van der Waals surface area (Å²) in [6.07, 6.45) is 28.3. The molecule has 11 heteroatoms. The fourth-order valence-electron chi connectivity index (χ4n) is 17.6. The quantitative estimate of drug-likeness (QED) is 0.211. The smallest absolute Gasteiger partial charge is 0.157 e. The van der Waals surface area contributed by atoms with E-state index in [9.17, 15) is 19.8 Å². The van der Waals surface area contributed by atoms with Crippen molar-refractivity contribution in [3.63, 3.8) is 0 Å². The minimum absolute atomic E-state index is 0. The molecular weight excluding hydrogens is 929 g/mol. The van der Waals surface area contributed by atoms with Crippen molar-refractivity contribution in [2.24, 2.45) is 80.8 Å². The van der Waals surface area contributed by atoms with Crippen LogP contribution in [0.5, 0.6) is 11.5 Å². The van der Waals surface area contributed by atoms with Gasteiger partial charge in [0.15, 0.2) is 17.3 Å². The Morgan fingerprint density at radius 2 is 1.10 bits per heavy atom. The zero-order chi connectivity index (χ0) is 48.3. The van der Waals surface area contributed by atoms with Crippen molar-refractivity contribution in [2.75, 3.05) is 5.33 Å². The summed E-state index contributed by atoms with van der Waals surface area (Å²) in [7, 11) is 0. The number of halogens is 1. The highest BCUT2D eigenvalue weighted by Gasteiger charge is 2.63. The summed E-state index contributed by atoms with van der Waals surface area (Å²) < 4.78 is 12.7. The summed E-state index contributed by atoms with van der Waals surface area (Å²) in [5.74, 6) is 8.70. The predicted molar refractivity (Wildman–Crippen MR) is 281 cm³/mol. The van der Waals surface area contributed by atoms with E-state index in [-0.39, 0.29) is 49.7 Å². The molecule has 2 aromatic rings. The number of rotatable bonds is 9. The van der Waals surface area contributed by atoms with Crippen LogP contribution < -0.4 is 9.47 Å². The lowest BCUT2D eigenvalue weighted by Crippen LogP contribution is -2.55. The van der Waals surface area contributed by atoms with Gasteiger partial charge in [-0.05, 0) is 226 Å². The number of hydrogen-bond donors (Lipinski definition) is 3. The standard InChI is InChI=1S/C28H44N2O3.C22H35BrO2.C6H10N2O.2CH4/c1-18(2)33-20-15-29-30(16-20)17-25(31)24-9-8-22-21-7-6-19-14-26(3,32)12-13-27(19,4)23(21)10-11-28(22,24)5;1-20(25)10-11-21(2)14(12-20)4-5-15-16-6-7-18(19(24)13-23)22(16,3)9-8-17(15)21;1-5(2)9-6-3-7-8-4-6;;/h15-16,18-19,21-24,32H,6-14,17H2,1-5H3;14-18,25H,4-13H2,1-3H3;3-5H,1-2H3,(H,7,8);2*1H4/t19-,21-,22-,23-,24+,26+,27-,28-;14-,15-,16-,17-,18+,20+,21-,22-;;;/m00.../s1. The fourth-order valence-corrected chi connectivity index (χ4v) is 18.0. The van der Waals surface area contributed by atoms with E-state index in [0.29, 0.717) is 52.0 Å². The van der Waals surface area contributed by atoms with Gasteiger partial charge in [-0.3, -0.25) is 19.4 Å². The molecule has 392 valence electrons. The van der Waals surface area contributed by atoms with Crippen LogP contribution in [0.1, 0.15) is 200 Å². The van der Waals surface area contributed by atoms with E-state index in [4.69, 9.17) is 9.47 Å². The highest BCUT2D eigenvalue weighted by Crippen LogP contribution is 2.70. The molecule has 10 rings (SSSR count). The lowest BCUT2D eigenvalue weighted by atomic mass is 9.44. The number of alkyl halides is 1. The first-order valence-electron chi connectivity index (χ1n) is 26.9. The van der Waals surface area contributed by atoms with E-state index >= 15 is 0 Å². The second kappa shape index (κ2) is 21.3. The molecule has 2 heterocycles. The van der Waals surface area contributed by atoms with Gasteiger partial charge in [0.05, 0.1) is 60.1 Å². The normalized spacial score (nSPS) is 42.7. The Balaban J connectivity index is 0.000000192. The number of nitrogens with zero attached hydrogens (tertiary/aromatic N) is 3. The minimum atomic E-state index is -0.475. The van der Waals surface area contributed by atoms with E-state index in [1.165, 1.54) is 70.6 Å². The number of aromatic amines is 1. The van der Waals surface area contributed by atoms with Gasteiger partial charge < -0.3 is 19.7 Å². The number of aromatic nitrogens is 4. The predicted octanol–water partition coefficient (Wildman–Crippen LogP) is 13.5. The first kappa shape index (κ1) is 56.1. The highest BCUT2D eigenvalue weighted by molar-refractivity contribution is 9.09. The summed E-state index contributed by atoms with van der Waals surface area (Å²) in [6, 6.07) is 0. The maximum absolute atomic E-state index is 13.5. The zero-order valence-corrected chi connectivity index (χ0v) is 44.7. The Bertz CT molecular complexity index is 2020. The summed E-state index contributed by atoms with van der Waals surface area (Å²) in [5.41, 5.74) is 0.250. The third-order valence-electron chi connectivity index (χ3n) is 21.0. The molecule has 0 aliphatic heterocycles. The molecule has 0 saturated heterocycles. The number of hydrogen-bond acceptors (Lipinski definition) is 8. The van der Waals surface area contributed by atoms with Gasteiger partial charge in [-0.25, -0.2) is 0 Å². The summed E-state index contributed by atoms with van der Waals surface area (Å²) in [4.78, 5) is 26.0. The number of H-pyrrole nitrogens is 1. The molecule has 0 bridgehead atoms. The van der Waals surface area contributed by atoms with Gasteiger partial charge in [0.1, 0.15) is 5.78 Å². The molecule has 3 N–H and O–H groups in total. The number of carbonyl (C=O) groups excluding carboxylic acids is 2. The van der Waals surface area contributed by atoms with Crippen molar-refractivity contribution < 1.29 is 29.3 Å². The second-order valence-electron chi connectivity index (χ2n) is 25.8. The monoisotopic (exact) mass is 1020 g/mol. The van der Waals surface area contributed by atoms with E-state index in [1.807, 2.05) is 47.7 Å². The third-order valence-corrected chi connectivity index (χ3v) is 21.5. The Labute approximate surface area is 426 Å². The molecular formula is C58H97BrN4O6. The third kappa shape index (κ3) is 11.0. The van der Waals surface area contributed by atoms with Gasteiger partial charge in [-0.1, -0.05) is 58.5 Å². The van der Waals surface area contributed by atoms with Gasteiger partial charge in [0, 0.05) is 11.8 Å². The van der Waals surface area contributed by atoms with E-state index in [2.05, 4.69) is 58.9 Å². The Hall–Kier alpha value is -2.24. The minimum Gasteiger partial charge on any atom is -0.488 e. The molecule has 8 aliphatic carbocycles. The highest BCUT2D eigenvalue weighted by atomic mass is 79.9.